The van der Waals surface area contributed by atoms with Crippen LogP contribution in [0.2, 0.25) is 0 Å². The maximum Gasteiger partial charge on any atom is 0.419 e. The number of oxazole rings is 1. The van der Waals surface area contributed by atoms with Gasteiger partial charge in [0.25, 0.3) is 0 Å². The van der Waals surface area contributed by atoms with Gasteiger partial charge in [-0.2, -0.15) is 5.26 Å². The maximum absolute atomic E-state index is 13.9. The average Bonchev–Trinajstić information content (AvgIpc) is 3.44. The number of hydrogen-bond acceptors (Lipinski definition) is 5. The first kappa shape index (κ1) is 21.4. The molecular weight excluding hydrogens is 425 g/mol. The number of carbonyl (C=O) groups excluding carboxylic acids is 1. The molecule has 7 nitrogen and oxygen atoms in total. The molecule has 1 saturated heterocycles. The zero-order chi connectivity index (χ0) is 22.9. The molecule has 2 fully saturated rings. The van der Waals surface area contributed by atoms with E-state index in [1.54, 1.807) is 16.7 Å². The zero-order valence-electron chi connectivity index (χ0n) is 18.1. The van der Waals surface area contributed by atoms with Crippen LogP contribution in [0.5, 0.6) is 0 Å². The van der Waals surface area contributed by atoms with Crippen LogP contribution >= 0.6 is 0 Å². The molecule has 0 radical (unpaired) electrons. The van der Waals surface area contributed by atoms with Crippen molar-refractivity contribution in [3.8, 4) is 6.07 Å². The summed E-state index contributed by atoms with van der Waals surface area (Å²) in [6.45, 7) is 0.945. The molecule has 33 heavy (non-hydrogen) atoms. The summed E-state index contributed by atoms with van der Waals surface area (Å²) < 4.78 is 21.0. The Bertz CT molecular complexity index is 1280. The molecule has 2 heterocycles. The number of hydrogen-bond donors (Lipinski definition) is 0. The molecule has 0 spiro atoms. The van der Waals surface area contributed by atoms with Crippen LogP contribution in [-0.4, -0.2) is 22.1 Å². The minimum atomic E-state index is -0.495. The second kappa shape index (κ2) is 8.83. The van der Waals surface area contributed by atoms with Gasteiger partial charge in [-0.3, -0.25) is 14.2 Å². The number of nitriles is 1. The fourth-order valence-corrected chi connectivity index (χ4v) is 5.08. The van der Waals surface area contributed by atoms with Crippen LogP contribution in [0.4, 0.5) is 4.39 Å². The van der Waals surface area contributed by atoms with Crippen molar-refractivity contribution in [2.24, 2.45) is 11.8 Å². The van der Waals surface area contributed by atoms with Gasteiger partial charge in [-0.05, 0) is 67.5 Å². The Hall–Kier alpha value is -3.44. The molecule has 0 N–H and O–H groups in total. The highest BCUT2D eigenvalue weighted by Crippen LogP contribution is 2.37. The number of nitrogens with zero attached hydrogens (tertiary/aromatic N) is 3. The molecule has 1 saturated carbocycles. The molecule has 1 atom stereocenters. The molecule has 5 rings (SSSR count). The van der Waals surface area contributed by atoms with Gasteiger partial charge >= 0.3 is 5.76 Å². The average molecular weight is 449 g/mol. The first-order chi connectivity index (χ1) is 16.0. The van der Waals surface area contributed by atoms with Crippen molar-refractivity contribution in [1.82, 2.24) is 9.63 Å². The first-order valence-electron chi connectivity index (χ1n) is 11.3. The largest absolute Gasteiger partial charge is 0.419 e. The predicted molar refractivity (Wildman–Crippen MR) is 117 cm³/mol. The third kappa shape index (κ3) is 4.16. The Labute approximate surface area is 189 Å². The van der Waals surface area contributed by atoms with Crippen molar-refractivity contribution in [1.29, 1.82) is 5.26 Å². The summed E-state index contributed by atoms with van der Waals surface area (Å²) in [6.07, 6.45) is 3.60. The third-order valence-corrected chi connectivity index (χ3v) is 6.77. The minimum absolute atomic E-state index is 0.0929. The van der Waals surface area contributed by atoms with Crippen molar-refractivity contribution >= 4 is 17.0 Å². The number of benzene rings is 2. The molecule has 3 aromatic rings. The third-order valence-electron chi connectivity index (χ3n) is 6.77. The summed E-state index contributed by atoms with van der Waals surface area (Å²) in [6, 6.07) is 13.1. The van der Waals surface area contributed by atoms with Crippen LogP contribution in [-0.2, 0) is 16.2 Å². The monoisotopic (exact) mass is 449 g/mol. The SMILES string of the molecule is N#Cc1cc(F)cc([C@@H]2CCON2C(=O)[C@H]2CC[C@H](Cn3c(=O)oc4ccccc43)CC2)c1. The number of fused-ring (bicyclic) bond motifs is 1. The Morgan fingerprint density at radius 1 is 1.12 bits per heavy atom. The van der Waals surface area contributed by atoms with E-state index in [9.17, 15) is 14.0 Å². The standard InChI is InChI=1S/C25H24FN3O4/c26-20-12-17(14-27)11-19(13-20)21-9-10-32-29(21)24(30)18-7-5-16(6-8-18)15-28-22-3-1-2-4-23(22)33-25(28)31/h1-4,11-13,16,18,21H,5-10,15H2/t16-,18-,21-/m0/s1. The second-order valence-corrected chi connectivity index (χ2v) is 8.85. The lowest BCUT2D eigenvalue weighted by Gasteiger charge is -2.32. The van der Waals surface area contributed by atoms with Crippen molar-refractivity contribution in [2.75, 3.05) is 6.61 Å². The van der Waals surface area contributed by atoms with Crippen molar-refractivity contribution in [3.05, 3.63) is 70.0 Å². The lowest BCUT2D eigenvalue weighted by Crippen LogP contribution is -2.37. The molecule has 0 unspecified atom stereocenters. The highest BCUT2D eigenvalue weighted by molar-refractivity contribution is 5.78. The summed E-state index contributed by atoms with van der Waals surface area (Å²) in [5, 5.41) is 10.5. The van der Waals surface area contributed by atoms with Gasteiger partial charge < -0.3 is 4.42 Å². The van der Waals surface area contributed by atoms with E-state index >= 15 is 0 Å². The summed E-state index contributed by atoms with van der Waals surface area (Å²) in [5.74, 6) is -0.835. The van der Waals surface area contributed by atoms with Crippen LogP contribution in [0.3, 0.4) is 0 Å². The fourth-order valence-electron chi connectivity index (χ4n) is 5.08. The van der Waals surface area contributed by atoms with Crippen LogP contribution in [0.1, 0.15) is 49.3 Å². The molecule has 2 aliphatic rings. The molecule has 0 bridgehead atoms. The number of para-hydroxylation sites is 2. The number of aromatic nitrogens is 1. The van der Waals surface area contributed by atoms with Crippen LogP contribution in [0, 0.1) is 29.0 Å². The van der Waals surface area contributed by atoms with Crippen LogP contribution < -0.4 is 5.76 Å². The highest BCUT2D eigenvalue weighted by atomic mass is 19.1. The zero-order valence-corrected chi connectivity index (χ0v) is 18.1. The van der Waals surface area contributed by atoms with Gasteiger partial charge in [0.15, 0.2) is 5.58 Å². The first-order valence-corrected chi connectivity index (χ1v) is 11.3. The Balaban J connectivity index is 1.25. The van der Waals surface area contributed by atoms with Crippen molar-refractivity contribution in [3.63, 3.8) is 0 Å². The van der Waals surface area contributed by atoms with Gasteiger partial charge in [0.2, 0.25) is 5.91 Å². The van der Waals surface area contributed by atoms with E-state index in [-0.39, 0.29) is 29.1 Å². The second-order valence-electron chi connectivity index (χ2n) is 8.85. The molecule has 1 aliphatic heterocycles. The van der Waals surface area contributed by atoms with E-state index in [2.05, 4.69) is 0 Å². The summed E-state index contributed by atoms with van der Waals surface area (Å²) in [4.78, 5) is 31.2. The van der Waals surface area contributed by atoms with E-state index in [1.807, 2.05) is 24.3 Å². The van der Waals surface area contributed by atoms with E-state index in [0.717, 1.165) is 18.4 Å². The Kier molecular flexibility index (Phi) is 5.73. The number of carbonyl (C=O) groups is 1. The lowest BCUT2D eigenvalue weighted by molar-refractivity contribution is -0.183. The van der Waals surface area contributed by atoms with Gasteiger partial charge in [0, 0.05) is 18.9 Å². The predicted octanol–water partition coefficient (Wildman–Crippen LogP) is 4.32. The van der Waals surface area contributed by atoms with E-state index in [0.29, 0.717) is 43.6 Å². The van der Waals surface area contributed by atoms with Crippen molar-refractivity contribution in [2.45, 2.75) is 44.7 Å². The molecular formula is C25H24FN3O4. The smallest absolute Gasteiger partial charge is 0.408 e. The van der Waals surface area contributed by atoms with E-state index in [4.69, 9.17) is 14.5 Å². The minimum Gasteiger partial charge on any atom is -0.408 e. The molecule has 1 amide bonds. The van der Waals surface area contributed by atoms with Gasteiger partial charge in [-0.25, -0.2) is 14.2 Å². The van der Waals surface area contributed by atoms with Gasteiger partial charge in [-0.1, -0.05) is 12.1 Å². The Morgan fingerprint density at radius 3 is 2.70 bits per heavy atom. The van der Waals surface area contributed by atoms with Crippen LogP contribution in [0.25, 0.3) is 11.1 Å². The number of amides is 1. The summed E-state index contributed by atoms with van der Waals surface area (Å²) >= 11 is 0. The molecule has 1 aromatic heterocycles. The van der Waals surface area contributed by atoms with E-state index in [1.165, 1.54) is 17.2 Å². The van der Waals surface area contributed by atoms with Gasteiger partial charge in [0.05, 0.1) is 29.8 Å². The molecule has 1 aliphatic carbocycles. The normalized spacial score (nSPS) is 23.0. The number of hydroxylamine groups is 2. The fraction of sp³-hybridized carbons (Fsp3) is 0.400. The molecule has 170 valence electrons. The Morgan fingerprint density at radius 2 is 1.91 bits per heavy atom. The lowest BCUT2D eigenvalue weighted by atomic mass is 9.81. The van der Waals surface area contributed by atoms with E-state index < -0.39 is 11.9 Å². The van der Waals surface area contributed by atoms with Crippen molar-refractivity contribution < 1.29 is 18.4 Å². The number of halogens is 1. The highest BCUT2D eigenvalue weighted by Gasteiger charge is 2.37. The van der Waals surface area contributed by atoms with Gasteiger partial charge in [-0.15, -0.1) is 0 Å². The summed E-state index contributed by atoms with van der Waals surface area (Å²) in [5.41, 5.74) is 2.19. The summed E-state index contributed by atoms with van der Waals surface area (Å²) in [7, 11) is 0. The quantitative estimate of drug-likeness (QED) is 0.592. The number of rotatable bonds is 4. The van der Waals surface area contributed by atoms with Crippen LogP contribution in [0.15, 0.2) is 51.7 Å². The topological polar surface area (TPSA) is 88.5 Å². The molecule has 8 heteroatoms. The van der Waals surface area contributed by atoms with Gasteiger partial charge in [0.1, 0.15) is 5.82 Å². The molecule has 2 aromatic carbocycles. The maximum atomic E-state index is 13.9.